The first-order valence-corrected chi connectivity index (χ1v) is 13.6. The summed E-state index contributed by atoms with van der Waals surface area (Å²) >= 11 is 3.62. The van der Waals surface area contributed by atoms with Crippen molar-refractivity contribution in [2.75, 3.05) is 0 Å². The predicted octanol–water partition coefficient (Wildman–Crippen LogP) is 7.13. The minimum Gasteiger partial charge on any atom is -0.488 e. The fourth-order valence-corrected chi connectivity index (χ4v) is 6.24. The maximum absolute atomic E-state index is 13.5. The van der Waals surface area contributed by atoms with Crippen LogP contribution in [-0.4, -0.2) is 22.6 Å². The molecule has 1 heterocycles. The van der Waals surface area contributed by atoms with Gasteiger partial charge in [0.05, 0.1) is 10.0 Å². The van der Waals surface area contributed by atoms with E-state index in [0.717, 1.165) is 11.1 Å². The number of rotatable bonds is 5. The van der Waals surface area contributed by atoms with Crippen LogP contribution in [0.1, 0.15) is 80.8 Å². The Labute approximate surface area is 230 Å². The normalized spacial score (nSPS) is 20.6. The number of ether oxygens (including phenoxy) is 2. The van der Waals surface area contributed by atoms with Crippen molar-refractivity contribution in [3.8, 4) is 5.75 Å². The van der Waals surface area contributed by atoms with Gasteiger partial charge < -0.3 is 14.6 Å². The zero-order chi connectivity index (χ0) is 27.4. The van der Waals surface area contributed by atoms with E-state index >= 15 is 0 Å². The number of hydrogen-bond acceptors (Lipinski definition) is 5. The molecule has 0 radical (unpaired) electrons. The average Bonchev–Trinajstić information content (AvgIpc) is 2.80. The number of hydrogen-bond donors (Lipinski definition) is 1. The van der Waals surface area contributed by atoms with Crippen molar-refractivity contribution in [1.29, 1.82) is 0 Å². The summed E-state index contributed by atoms with van der Waals surface area (Å²) in [4.78, 5) is 38.0. The molecule has 1 N–H and O–H groups in total. The SMILES string of the molecule is CC1(C)CC(=O)C2=C(C1)OC1=C(C(=O)CC(C)(C)C1)C2c1ccc(OCc2ccc(C(=O)O)cc2)c(Br)c1. The van der Waals surface area contributed by atoms with Gasteiger partial charge >= 0.3 is 5.97 Å². The second-order valence-electron chi connectivity index (χ2n) is 12.1. The zero-order valence-electron chi connectivity index (χ0n) is 22.0. The van der Waals surface area contributed by atoms with E-state index in [2.05, 4.69) is 43.6 Å². The van der Waals surface area contributed by atoms with Gasteiger partial charge in [0.2, 0.25) is 0 Å². The van der Waals surface area contributed by atoms with Gasteiger partial charge in [-0.15, -0.1) is 0 Å². The third-order valence-corrected chi connectivity index (χ3v) is 8.09. The summed E-state index contributed by atoms with van der Waals surface area (Å²) in [5.41, 5.74) is 2.72. The second-order valence-corrected chi connectivity index (χ2v) is 12.9. The molecule has 2 aromatic rings. The number of halogens is 1. The molecule has 7 heteroatoms. The number of carboxylic acids is 1. The lowest BCUT2D eigenvalue weighted by Crippen LogP contribution is -2.37. The molecule has 198 valence electrons. The Balaban J connectivity index is 1.48. The molecule has 1 aliphatic heterocycles. The van der Waals surface area contributed by atoms with Crippen molar-refractivity contribution in [2.24, 2.45) is 10.8 Å². The highest BCUT2D eigenvalue weighted by atomic mass is 79.9. The molecule has 0 aromatic heterocycles. The molecule has 2 aliphatic carbocycles. The van der Waals surface area contributed by atoms with Crippen LogP contribution in [0.3, 0.4) is 0 Å². The molecular formula is C31H31BrO6. The minimum atomic E-state index is -0.972. The number of allylic oxidation sites excluding steroid dienone is 4. The first-order chi connectivity index (χ1) is 17.8. The summed E-state index contributed by atoms with van der Waals surface area (Å²) < 4.78 is 13.1. The van der Waals surface area contributed by atoms with Crippen molar-refractivity contribution in [3.05, 3.63) is 86.3 Å². The standard InChI is InChI=1S/C31H31BrO6/c1-30(2)12-21(33)27-24(14-30)38-25-15-31(3,4)13-22(34)28(25)26(27)19-9-10-23(20(32)11-19)37-16-17-5-7-18(8-6-17)29(35)36/h5-11,26H,12-16H2,1-4H3,(H,35,36). The summed E-state index contributed by atoms with van der Waals surface area (Å²) in [7, 11) is 0. The van der Waals surface area contributed by atoms with Crippen LogP contribution >= 0.6 is 15.9 Å². The van der Waals surface area contributed by atoms with E-state index in [1.165, 1.54) is 0 Å². The topological polar surface area (TPSA) is 89.9 Å². The van der Waals surface area contributed by atoms with Gasteiger partial charge in [-0.25, -0.2) is 4.79 Å². The first kappa shape index (κ1) is 26.4. The van der Waals surface area contributed by atoms with Gasteiger partial charge in [0, 0.05) is 42.7 Å². The van der Waals surface area contributed by atoms with Gasteiger partial charge in [-0.05, 0) is 62.2 Å². The average molecular weight is 579 g/mol. The Kier molecular flexibility index (Phi) is 6.62. The summed E-state index contributed by atoms with van der Waals surface area (Å²) in [6.07, 6.45) is 2.13. The Morgan fingerprint density at radius 1 is 0.921 bits per heavy atom. The van der Waals surface area contributed by atoms with E-state index in [1.807, 2.05) is 18.2 Å². The second kappa shape index (κ2) is 9.53. The molecule has 5 rings (SSSR count). The molecule has 6 nitrogen and oxygen atoms in total. The molecule has 3 aliphatic rings. The van der Waals surface area contributed by atoms with Crippen LogP contribution in [0.2, 0.25) is 0 Å². The number of carbonyl (C=O) groups excluding carboxylic acids is 2. The van der Waals surface area contributed by atoms with Crippen LogP contribution in [0.4, 0.5) is 0 Å². The van der Waals surface area contributed by atoms with Crippen molar-refractivity contribution < 1.29 is 29.0 Å². The Bertz CT molecular complexity index is 1360. The number of Topliss-reactive ketones (excluding diaryl/α,β-unsaturated/α-hetero) is 2. The highest BCUT2D eigenvalue weighted by molar-refractivity contribution is 9.10. The van der Waals surface area contributed by atoms with Gasteiger partial charge in [-0.3, -0.25) is 9.59 Å². The lowest BCUT2D eigenvalue weighted by Gasteiger charge is -2.42. The highest BCUT2D eigenvalue weighted by Crippen LogP contribution is 2.53. The molecule has 2 aromatic carbocycles. The maximum atomic E-state index is 13.5. The lowest BCUT2D eigenvalue weighted by atomic mass is 9.65. The van der Waals surface area contributed by atoms with Crippen molar-refractivity contribution in [1.82, 2.24) is 0 Å². The van der Waals surface area contributed by atoms with Crippen LogP contribution in [0.15, 0.2) is 69.6 Å². The monoisotopic (exact) mass is 578 g/mol. The van der Waals surface area contributed by atoms with Gasteiger partial charge in [0.15, 0.2) is 11.6 Å². The molecule has 0 unspecified atom stereocenters. The molecule has 0 saturated carbocycles. The molecule has 0 bridgehead atoms. The molecule has 0 amide bonds. The summed E-state index contributed by atoms with van der Waals surface area (Å²) in [5, 5.41) is 9.09. The van der Waals surface area contributed by atoms with Crippen LogP contribution in [-0.2, 0) is 20.9 Å². The Hall–Kier alpha value is -3.19. The predicted molar refractivity (Wildman–Crippen MR) is 146 cm³/mol. The summed E-state index contributed by atoms with van der Waals surface area (Å²) in [6, 6.07) is 12.2. The van der Waals surface area contributed by atoms with E-state index < -0.39 is 11.9 Å². The number of ketones is 2. The van der Waals surface area contributed by atoms with Crippen LogP contribution in [0, 0.1) is 10.8 Å². The van der Waals surface area contributed by atoms with Crippen molar-refractivity contribution >= 4 is 33.5 Å². The van der Waals surface area contributed by atoms with E-state index in [9.17, 15) is 14.4 Å². The van der Waals surface area contributed by atoms with Gasteiger partial charge in [-0.1, -0.05) is 45.9 Å². The summed E-state index contributed by atoms with van der Waals surface area (Å²) in [5.74, 6) is 0.635. The zero-order valence-corrected chi connectivity index (χ0v) is 23.6. The molecule has 0 fully saturated rings. The van der Waals surface area contributed by atoms with E-state index in [1.54, 1.807) is 24.3 Å². The Morgan fingerprint density at radius 2 is 1.47 bits per heavy atom. The molecule has 38 heavy (non-hydrogen) atoms. The van der Waals surface area contributed by atoms with Gasteiger partial charge in [-0.2, -0.15) is 0 Å². The summed E-state index contributed by atoms with van der Waals surface area (Å²) in [6.45, 7) is 8.56. The first-order valence-electron chi connectivity index (χ1n) is 12.8. The fourth-order valence-electron chi connectivity index (χ4n) is 5.73. The van der Waals surface area contributed by atoms with Crippen molar-refractivity contribution in [3.63, 3.8) is 0 Å². The third-order valence-electron chi connectivity index (χ3n) is 7.47. The van der Waals surface area contributed by atoms with Gasteiger partial charge in [0.1, 0.15) is 23.9 Å². The number of aromatic carboxylic acids is 1. The van der Waals surface area contributed by atoms with Gasteiger partial charge in [0.25, 0.3) is 0 Å². The highest BCUT2D eigenvalue weighted by Gasteiger charge is 2.47. The minimum absolute atomic E-state index is 0.0340. The molecular weight excluding hydrogens is 548 g/mol. The largest absolute Gasteiger partial charge is 0.488 e. The van der Waals surface area contributed by atoms with Crippen LogP contribution in [0.25, 0.3) is 0 Å². The third kappa shape index (κ3) is 5.08. The van der Waals surface area contributed by atoms with E-state index in [-0.39, 0.29) is 34.6 Å². The number of carbonyl (C=O) groups is 3. The molecule has 0 atom stereocenters. The van der Waals surface area contributed by atoms with Crippen LogP contribution in [0.5, 0.6) is 5.75 Å². The molecule has 0 spiro atoms. The fraction of sp³-hybridized carbons (Fsp3) is 0.387. The molecule has 0 saturated heterocycles. The Morgan fingerprint density at radius 3 is 1.97 bits per heavy atom. The smallest absolute Gasteiger partial charge is 0.335 e. The number of benzene rings is 2. The quantitative estimate of drug-likeness (QED) is 0.406. The van der Waals surface area contributed by atoms with Crippen LogP contribution < -0.4 is 4.74 Å². The lowest BCUT2D eigenvalue weighted by molar-refractivity contribution is -0.120. The van der Waals surface area contributed by atoms with E-state index in [0.29, 0.717) is 58.6 Å². The van der Waals surface area contributed by atoms with Crippen molar-refractivity contribution in [2.45, 2.75) is 65.9 Å². The number of carboxylic acid groups (broad SMARTS) is 1. The maximum Gasteiger partial charge on any atom is 0.335 e. The van der Waals surface area contributed by atoms with E-state index in [4.69, 9.17) is 14.6 Å².